The molecule has 0 radical (unpaired) electrons. The van der Waals surface area contributed by atoms with Crippen LogP contribution in [0.15, 0.2) is 28.9 Å². The molecule has 0 saturated carbocycles. The maximum atomic E-state index is 12.3. The molecular formula is C18H18F3NO5. The van der Waals surface area contributed by atoms with Crippen LogP contribution in [0.5, 0.6) is 5.75 Å². The van der Waals surface area contributed by atoms with Crippen LogP contribution >= 0.6 is 0 Å². The number of aromatic carboxylic acids is 1. The van der Waals surface area contributed by atoms with E-state index >= 15 is 0 Å². The van der Waals surface area contributed by atoms with E-state index in [1.807, 2.05) is 0 Å². The average Bonchev–Trinajstić information content (AvgIpc) is 3.02. The van der Waals surface area contributed by atoms with Crippen LogP contribution in [0.3, 0.4) is 0 Å². The third kappa shape index (κ3) is 5.25. The number of furan rings is 1. The summed E-state index contributed by atoms with van der Waals surface area (Å²) in [6, 6.07) is 4.40. The first-order valence-corrected chi connectivity index (χ1v) is 7.85. The summed E-state index contributed by atoms with van der Waals surface area (Å²) < 4.78 is 46.9. The third-order valence-corrected chi connectivity index (χ3v) is 3.72. The molecule has 2 rings (SSSR count). The molecule has 1 amide bonds. The van der Waals surface area contributed by atoms with Gasteiger partial charge in [-0.25, -0.2) is 4.79 Å². The fourth-order valence-electron chi connectivity index (χ4n) is 2.61. The van der Waals surface area contributed by atoms with E-state index in [9.17, 15) is 22.8 Å². The normalized spacial score (nSPS) is 11.3. The summed E-state index contributed by atoms with van der Waals surface area (Å²) in [6.45, 7) is 2.02. The van der Waals surface area contributed by atoms with Crippen LogP contribution in [0.25, 0.3) is 0 Å². The number of carboxylic acids is 1. The van der Waals surface area contributed by atoms with E-state index in [-0.39, 0.29) is 23.6 Å². The number of ether oxygens (including phenoxy) is 1. The second kappa shape index (κ2) is 7.73. The van der Waals surface area contributed by atoms with E-state index in [0.29, 0.717) is 16.7 Å². The second-order valence-electron chi connectivity index (χ2n) is 6.13. The van der Waals surface area contributed by atoms with E-state index < -0.39 is 24.7 Å². The molecule has 2 aromatic rings. The van der Waals surface area contributed by atoms with Crippen molar-refractivity contribution in [3.63, 3.8) is 0 Å². The lowest BCUT2D eigenvalue weighted by atomic mass is 10.1. The van der Waals surface area contributed by atoms with Crippen LogP contribution in [0.4, 0.5) is 13.2 Å². The number of carboxylic acid groups (broad SMARTS) is 1. The highest BCUT2D eigenvalue weighted by molar-refractivity contribution is 5.95. The number of hydrogen-bond donors (Lipinski definition) is 1. The fourth-order valence-corrected chi connectivity index (χ4v) is 2.61. The van der Waals surface area contributed by atoms with Crippen LogP contribution < -0.4 is 4.74 Å². The number of halogens is 3. The Kier molecular flexibility index (Phi) is 5.82. The number of rotatable bonds is 6. The number of nitrogens with zero attached hydrogens (tertiary/aromatic N) is 1. The third-order valence-electron chi connectivity index (χ3n) is 3.72. The molecule has 27 heavy (non-hydrogen) atoms. The zero-order valence-corrected chi connectivity index (χ0v) is 14.9. The lowest BCUT2D eigenvalue weighted by molar-refractivity contribution is -0.153. The molecule has 0 fully saturated rings. The fraction of sp³-hybridized carbons (Fsp3) is 0.333. The van der Waals surface area contributed by atoms with Gasteiger partial charge < -0.3 is 19.2 Å². The molecule has 0 spiro atoms. The maximum Gasteiger partial charge on any atom is 0.422 e. The summed E-state index contributed by atoms with van der Waals surface area (Å²) in [5.74, 6) is -1.69. The van der Waals surface area contributed by atoms with Gasteiger partial charge in [-0.2, -0.15) is 13.2 Å². The van der Waals surface area contributed by atoms with Gasteiger partial charge in [0, 0.05) is 19.7 Å². The highest BCUT2D eigenvalue weighted by atomic mass is 19.4. The number of amides is 1. The molecule has 1 aromatic carbocycles. The van der Waals surface area contributed by atoms with Gasteiger partial charge in [0.25, 0.3) is 5.91 Å². The minimum absolute atomic E-state index is 0.117. The molecule has 1 heterocycles. The Morgan fingerprint density at radius 1 is 1.19 bits per heavy atom. The van der Waals surface area contributed by atoms with Gasteiger partial charge in [0.05, 0.1) is 5.56 Å². The largest absolute Gasteiger partial charge is 0.484 e. The average molecular weight is 385 g/mol. The van der Waals surface area contributed by atoms with Gasteiger partial charge in [0.15, 0.2) is 12.4 Å². The number of aryl methyl sites for hydroxylation is 2. The van der Waals surface area contributed by atoms with Gasteiger partial charge >= 0.3 is 12.1 Å². The molecule has 146 valence electrons. The predicted molar refractivity (Wildman–Crippen MR) is 88.9 cm³/mol. The van der Waals surface area contributed by atoms with Crippen molar-refractivity contribution in [2.24, 2.45) is 0 Å². The summed E-state index contributed by atoms with van der Waals surface area (Å²) in [7, 11) is 1.50. The minimum atomic E-state index is -4.43. The number of carbonyl (C=O) groups excluding carboxylic acids is 1. The highest BCUT2D eigenvalue weighted by Crippen LogP contribution is 2.27. The van der Waals surface area contributed by atoms with Crippen LogP contribution in [0.2, 0.25) is 0 Å². The molecule has 0 aliphatic heterocycles. The lowest BCUT2D eigenvalue weighted by Gasteiger charge is -2.19. The van der Waals surface area contributed by atoms with Crippen molar-refractivity contribution >= 4 is 11.9 Å². The van der Waals surface area contributed by atoms with E-state index in [2.05, 4.69) is 0 Å². The lowest BCUT2D eigenvalue weighted by Crippen LogP contribution is -2.26. The Labute approximate surface area is 153 Å². The number of alkyl halides is 3. The van der Waals surface area contributed by atoms with Crippen molar-refractivity contribution in [1.29, 1.82) is 0 Å². The molecule has 0 bridgehead atoms. The number of benzene rings is 1. The summed E-state index contributed by atoms with van der Waals surface area (Å²) in [5, 5.41) is 8.87. The quantitative estimate of drug-likeness (QED) is 0.818. The first kappa shape index (κ1) is 20.3. The van der Waals surface area contributed by atoms with Crippen molar-refractivity contribution in [2.45, 2.75) is 26.6 Å². The highest BCUT2D eigenvalue weighted by Gasteiger charge is 2.29. The number of carbonyl (C=O) groups is 2. The maximum absolute atomic E-state index is 12.3. The first-order chi connectivity index (χ1) is 12.5. The molecule has 9 heteroatoms. The minimum Gasteiger partial charge on any atom is -0.484 e. The summed E-state index contributed by atoms with van der Waals surface area (Å²) >= 11 is 0. The summed E-state index contributed by atoms with van der Waals surface area (Å²) in [4.78, 5) is 24.5. The van der Waals surface area contributed by atoms with E-state index in [1.54, 1.807) is 26.0 Å². The van der Waals surface area contributed by atoms with Crippen LogP contribution in [0, 0.1) is 13.8 Å². The van der Waals surface area contributed by atoms with Gasteiger partial charge in [-0.1, -0.05) is 12.1 Å². The Morgan fingerprint density at radius 3 is 2.26 bits per heavy atom. The topological polar surface area (TPSA) is 80.0 Å². The second-order valence-corrected chi connectivity index (χ2v) is 6.13. The van der Waals surface area contributed by atoms with Crippen LogP contribution in [-0.2, 0) is 6.54 Å². The zero-order chi connectivity index (χ0) is 20.4. The Bertz CT molecular complexity index is 834. The van der Waals surface area contributed by atoms with E-state index in [0.717, 1.165) is 12.3 Å². The molecule has 0 aliphatic rings. The molecule has 0 saturated heterocycles. The van der Waals surface area contributed by atoms with Gasteiger partial charge in [-0.3, -0.25) is 4.79 Å². The van der Waals surface area contributed by atoms with E-state index in [1.165, 1.54) is 11.9 Å². The van der Waals surface area contributed by atoms with Crippen molar-refractivity contribution in [1.82, 2.24) is 4.90 Å². The smallest absolute Gasteiger partial charge is 0.422 e. The molecule has 0 unspecified atom stereocenters. The van der Waals surface area contributed by atoms with Gasteiger partial charge in [-0.05, 0) is 30.5 Å². The van der Waals surface area contributed by atoms with E-state index in [4.69, 9.17) is 14.3 Å². The van der Waals surface area contributed by atoms with Gasteiger partial charge in [-0.15, -0.1) is 0 Å². The monoisotopic (exact) mass is 385 g/mol. The summed E-state index contributed by atoms with van der Waals surface area (Å²) in [5.41, 5.74) is 1.58. The van der Waals surface area contributed by atoms with Crippen molar-refractivity contribution in [3.05, 3.63) is 52.5 Å². The standard InChI is InChI=1S/C18H18F3NO5/c1-10-4-12(5-11(2)15(10)27-9-18(19,20)21)7-22(3)16(23)14-6-13(8-26-14)17(24)25/h4-6,8H,7,9H2,1-3H3,(H,24,25). The molecule has 6 nitrogen and oxygen atoms in total. The molecule has 1 aromatic heterocycles. The Balaban J connectivity index is 2.12. The zero-order valence-electron chi connectivity index (χ0n) is 14.9. The van der Waals surface area contributed by atoms with Crippen LogP contribution in [-0.4, -0.2) is 41.7 Å². The number of hydrogen-bond acceptors (Lipinski definition) is 4. The Morgan fingerprint density at radius 2 is 1.78 bits per heavy atom. The molecule has 1 N–H and O–H groups in total. The SMILES string of the molecule is Cc1cc(CN(C)C(=O)c2cc(C(=O)O)co2)cc(C)c1OCC(F)(F)F. The Hall–Kier alpha value is -2.97. The van der Waals surface area contributed by atoms with Crippen molar-refractivity contribution in [3.8, 4) is 5.75 Å². The van der Waals surface area contributed by atoms with Gasteiger partial charge in [0.2, 0.25) is 0 Å². The molecule has 0 aliphatic carbocycles. The van der Waals surface area contributed by atoms with Crippen molar-refractivity contribution in [2.75, 3.05) is 13.7 Å². The summed E-state index contributed by atoms with van der Waals surface area (Å²) in [6.07, 6.45) is -3.45. The predicted octanol–water partition coefficient (Wildman–Crippen LogP) is 3.81. The first-order valence-electron chi connectivity index (χ1n) is 7.85. The van der Waals surface area contributed by atoms with Gasteiger partial charge in [0.1, 0.15) is 12.0 Å². The van der Waals surface area contributed by atoms with Crippen LogP contribution in [0.1, 0.15) is 37.6 Å². The van der Waals surface area contributed by atoms with Crippen molar-refractivity contribution < 1.29 is 37.0 Å². The molecular weight excluding hydrogens is 367 g/mol. The molecule has 0 atom stereocenters.